The summed E-state index contributed by atoms with van der Waals surface area (Å²) in [5.41, 5.74) is 8.92. The Kier molecular flexibility index (Phi) is 6.29. The lowest BCUT2D eigenvalue weighted by Gasteiger charge is -2.10. The van der Waals surface area contributed by atoms with Crippen LogP contribution >= 0.6 is 11.8 Å². The number of hydrogen-bond acceptors (Lipinski definition) is 8. The molecule has 34 heavy (non-hydrogen) atoms. The fourth-order valence-electron chi connectivity index (χ4n) is 3.83. The van der Waals surface area contributed by atoms with Gasteiger partial charge in [0.25, 0.3) is 5.91 Å². The third-order valence-electron chi connectivity index (χ3n) is 5.29. The van der Waals surface area contributed by atoms with Gasteiger partial charge in [-0.25, -0.2) is 4.79 Å². The Labute approximate surface area is 198 Å². The molecule has 4 rings (SSSR count). The van der Waals surface area contributed by atoms with Crippen LogP contribution in [0.3, 0.4) is 0 Å². The SMILES string of the molecule is CCOC(=O)c1c(C)oc(NC(=O)CSc2nnc3cc(C)c4cccc(C)c4n23)c1C(N)=O. The van der Waals surface area contributed by atoms with Crippen LogP contribution in [0.4, 0.5) is 5.88 Å². The highest BCUT2D eigenvalue weighted by Crippen LogP contribution is 2.30. The van der Waals surface area contributed by atoms with Gasteiger partial charge in [-0.05, 0) is 44.9 Å². The Morgan fingerprint density at radius 3 is 2.62 bits per heavy atom. The minimum Gasteiger partial charge on any atom is -0.462 e. The number of amides is 2. The molecule has 1 aromatic carbocycles. The predicted molar refractivity (Wildman–Crippen MR) is 127 cm³/mol. The second-order valence-electron chi connectivity index (χ2n) is 7.63. The number of para-hydroxylation sites is 1. The zero-order valence-electron chi connectivity index (χ0n) is 19.1. The number of anilines is 1. The van der Waals surface area contributed by atoms with Crippen molar-refractivity contribution in [2.24, 2.45) is 5.73 Å². The summed E-state index contributed by atoms with van der Waals surface area (Å²) in [5, 5.41) is 12.6. The summed E-state index contributed by atoms with van der Waals surface area (Å²) >= 11 is 1.18. The third kappa shape index (κ3) is 4.10. The molecule has 2 amide bonds. The van der Waals surface area contributed by atoms with Crippen molar-refractivity contribution in [3.8, 4) is 0 Å². The van der Waals surface area contributed by atoms with E-state index in [9.17, 15) is 14.4 Å². The van der Waals surface area contributed by atoms with Gasteiger partial charge in [-0.3, -0.25) is 19.3 Å². The zero-order chi connectivity index (χ0) is 24.6. The van der Waals surface area contributed by atoms with Gasteiger partial charge in [-0.2, -0.15) is 0 Å². The molecule has 176 valence electrons. The van der Waals surface area contributed by atoms with Gasteiger partial charge in [-0.15, -0.1) is 10.2 Å². The number of hydrogen-bond donors (Lipinski definition) is 2. The van der Waals surface area contributed by atoms with Crippen LogP contribution in [-0.2, 0) is 9.53 Å². The Hall–Kier alpha value is -3.86. The van der Waals surface area contributed by atoms with Gasteiger partial charge in [0.05, 0.1) is 17.9 Å². The first-order valence-corrected chi connectivity index (χ1v) is 11.5. The van der Waals surface area contributed by atoms with Crippen LogP contribution < -0.4 is 11.1 Å². The molecule has 0 bridgehead atoms. The summed E-state index contributed by atoms with van der Waals surface area (Å²) in [4.78, 5) is 36.9. The number of pyridine rings is 1. The van der Waals surface area contributed by atoms with E-state index in [0.717, 1.165) is 22.0 Å². The van der Waals surface area contributed by atoms with Crippen molar-refractivity contribution in [3.05, 3.63) is 52.3 Å². The molecule has 0 saturated heterocycles. The summed E-state index contributed by atoms with van der Waals surface area (Å²) in [6, 6.07) is 7.98. The Morgan fingerprint density at radius 2 is 1.91 bits per heavy atom. The second-order valence-corrected chi connectivity index (χ2v) is 8.58. The summed E-state index contributed by atoms with van der Waals surface area (Å²) in [5.74, 6) is -2.25. The lowest BCUT2D eigenvalue weighted by molar-refractivity contribution is -0.113. The number of aromatic nitrogens is 3. The molecule has 0 radical (unpaired) electrons. The highest BCUT2D eigenvalue weighted by atomic mass is 32.2. The number of esters is 1. The number of thioether (sulfide) groups is 1. The molecule has 3 aromatic heterocycles. The number of carbonyl (C=O) groups is 3. The Balaban J connectivity index is 1.60. The largest absolute Gasteiger partial charge is 0.462 e. The van der Waals surface area contributed by atoms with Crippen LogP contribution in [0.2, 0.25) is 0 Å². The van der Waals surface area contributed by atoms with E-state index >= 15 is 0 Å². The average Bonchev–Trinajstić information content (AvgIpc) is 3.33. The first-order chi connectivity index (χ1) is 16.2. The van der Waals surface area contributed by atoms with E-state index in [2.05, 4.69) is 15.5 Å². The van der Waals surface area contributed by atoms with E-state index in [4.69, 9.17) is 14.9 Å². The van der Waals surface area contributed by atoms with E-state index in [1.165, 1.54) is 18.7 Å². The van der Waals surface area contributed by atoms with Crippen LogP contribution in [0.5, 0.6) is 0 Å². The number of rotatable bonds is 7. The number of benzene rings is 1. The number of aryl methyl sites for hydroxylation is 3. The molecule has 0 unspecified atom stereocenters. The van der Waals surface area contributed by atoms with Crippen molar-refractivity contribution in [1.82, 2.24) is 14.6 Å². The smallest absolute Gasteiger partial charge is 0.342 e. The molecule has 11 heteroatoms. The standard InChI is InChI=1S/C23H23N5O5S/c1-5-32-22(31)17-13(4)33-21(18(17)20(24)30)25-16(29)10-34-23-27-26-15-9-12(3)14-8-6-7-11(2)19(14)28(15)23/h6-9H,5,10H2,1-4H3,(H2,24,30)(H,25,29). The lowest BCUT2D eigenvalue weighted by Crippen LogP contribution is -2.21. The number of carbonyl (C=O) groups excluding carboxylic acids is 3. The minimum atomic E-state index is -0.913. The van der Waals surface area contributed by atoms with Crippen molar-refractivity contribution in [2.75, 3.05) is 17.7 Å². The molecule has 0 aliphatic heterocycles. The van der Waals surface area contributed by atoms with Gasteiger partial charge in [-0.1, -0.05) is 30.0 Å². The minimum absolute atomic E-state index is 0.0469. The molecule has 0 atom stereocenters. The zero-order valence-corrected chi connectivity index (χ0v) is 19.9. The molecule has 0 fully saturated rings. The monoisotopic (exact) mass is 481 g/mol. The number of primary amides is 1. The van der Waals surface area contributed by atoms with Crippen LogP contribution in [0.1, 0.15) is 44.5 Å². The molecular formula is C23H23N5O5S. The van der Waals surface area contributed by atoms with Crippen LogP contribution in [0, 0.1) is 20.8 Å². The van der Waals surface area contributed by atoms with Gasteiger partial charge >= 0.3 is 5.97 Å². The van der Waals surface area contributed by atoms with E-state index in [-0.39, 0.29) is 35.1 Å². The van der Waals surface area contributed by atoms with Gasteiger partial charge < -0.3 is 14.9 Å². The van der Waals surface area contributed by atoms with Crippen LogP contribution in [0.25, 0.3) is 16.6 Å². The maximum absolute atomic E-state index is 12.7. The van der Waals surface area contributed by atoms with E-state index in [1.54, 1.807) is 6.92 Å². The second kappa shape index (κ2) is 9.18. The summed E-state index contributed by atoms with van der Waals surface area (Å²) in [6.07, 6.45) is 0. The van der Waals surface area contributed by atoms with Crippen LogP contribution in [-0.4, -0.2) is 44.7 Å². The maximum atomic E-state index is 12.7. The van der Waals surface area contributed by atoms with Crippen molar-refractivity contribution in [2.45, 2.75) is 32.9 Å². The molecule has 0 spiro atoms. The highest BCUT2D eigenvalue weighted by Gasteiger charge is 2.29. The van der Waals surface area contributed by atoms with Gasteiger partial charge in [0.2, 0.25) is 11.8 Å². The number of fused-ring (bicyclic) bond motifs is 3. The highest BCUT2D eigenvalue weighted by molar-refractivity contribution is 7.99. The fraction of sp³-hybridized carbons (Fsp3) is 0.261. The normalized spacial score (nSPS) is 11.2. The fourth-order valence-corrected chi connectivity index (χ4v) is 4.58. The summed E-state index contributed by atoms with van der Waals surface area (Å²) in [6.45, 7) is 7.26. The topological polar surface area (TPSA) is 142 Å². The van der Waals surface area contributed by atoms with Crippen LogP contribution in [0.15, 0.2) is 33.8 Å². The van der Waals surface area contributed by atoms with Gasteiger partial charge in [0.15, 0.2) is 10.8 Å². The van der Waals surface area contributed by atoms with Gasteiger partial charge in [0, 0.05) is 5.39 Å². The van der Waals surface area contributed by atoms with E-state index in [1.807, 2.05) is 42.5 Å². The van der Waals surface area contributed by atoms with E-state index < -0.39 is 17.8 Å². The molecule has 0 aliphatic rings. The molecular weight excluding hydrogens is 458 g/mol. The quantitative estimate of drug-likeness (QED) is 0.302. The van der Waals surface area contributed by atoms with Crippen molar-refractivity contribution in [1.29, 1.82) is 0 Å². The molecule has 0 saturated carbocycles. The van der Waals surface area contributed by atoms with Crippen molar-refractivity contribution < 1.29 is 23.5 Å². The number of nitrogens with one attached hydrogen (secondary N) is 1. The van der Waals surface area contributed by atoms with Crippen molar-refractivity contribution >= 4 is 52.0 Å². The maximum Gasteiger partial charge on any atom is 0.342 e. The number of furan rings is 1. The summed E-state index contributed by atoms with van der Waals surface area (Å²) in [7, 11) is 0. The molecule has 3 N–H and O–H groups in total. The molecule has 0 aliphatic carbocycles. The lowest BCUT2D eigenvalue weighted by atomic mass is 10.1. The van der Waals surface area contributed by atoms with Gasteiger partial charge in [0.1, 0.15) is 16.9 Å². The first-order valence-electron chi connectivity index (χ1n) is 10.5. The number of nitrogens with zero attached hydrogens (tertiary/aromatic N) is 3. The third-order valence-corrected chi connectivity index (χ3v) is 6.21. The molecule has 4 aromatic rings. The number of ether oxygens (including phenoxy) is 1. The molecule has 3 heterocycles. The van der Waals surface area contributed by atoms with E-state index in [0.29, 0.717) is 10.8 Å². The predicted octanol–water partition coefficient (Wildman–Crippen LogP) is 3.41. The molecule has 10 nitrogen and oxygen atoms in total. The Bertz CT molecular complexity index is 1460. The average molecular weight is 482 g/mol. The van der Waals surface area contributed by atoms with Crippen molar-refractivity contribution in [3.63, 3.8) is 0 Å². The number of nitrogens with two attached hydrogens (primary N) is 1. The summed E-state index contributed by atoms with van der Waals surface area (Å²) < 4.78 is 12.3. The Morgan fingerprint density at radius 1 is 1.15 bits per heavy atom. The first kappa shape index (κ1) is 23.3.